The molecule has 0 bridgehead atoms. The van der Waals surface area contributed by atoms with Crippen molar-refractivity contribution in [2.24, 2.45) is 0 Å². The second-order valence-corrected chi connectivity index (χ2v) is 9.35. The van der Waals surface area contributed by atoms with Gasteiger partial charge in [0.05, 0.1) is 21.3 Å². The van der Waals surface area contributed by atoms with Crippen molar-refractivity contribution in [3.63, 3.8) is 0 Å². The van der Waals surface area contributed by atoms with Crippen LogP contribution in [-0.2, 0) is 11.9 Å². The highest BCUT2D eigenvalue weighted by Gasteiger charge is 2.30. The van der Waals surface area contributed by atoms with Crippen LogP contribution in [0, 0.1) is 0 Å². The van der Waals surface area contributed by atoms with Crippen LogP contribution in [0.15, 0.2) is 47.6 Å². The van der Waals surface area contributed by atoms with Crippen molar-refractivity contribution in [3.8, 4) is 5.69 Å². The molecule has 0 saturated heterocycles. The maximum Gasteiger partial charge on any atom is 0.416 e. The van der Waals surface area contributed by atoms with E-state index >= 15 is 0 Å². The van der Waals surface area contributed by atoms with Crippen LogP contribution < -0.4 is 0 Å². The zero-order valence-corrected chi connectivity index (χ0v) is 18.8. The molecular formula is C22H20Cl2F3N3S. The minimum absolute atomic E-state index is 0.316. The maximum absolute atomic E-state index is 12.8. The Hall–Kier alpha value is -1.70. The van der Waals surface area contributed by atoms with Gasteiger partial charge in [-0.3, -0.25) is 4.57 Å². The molecular weight excluding hydrogens is 466 g/mol. The summed E-state index contributed by atoms with van der Waals surface area (Å²) in [5.41, 5.74) is 0.954. The summed E-state index contributed by atoms with van der Waals surface area (Å²) < 4.78 is 40.4. The molecule has 0 amide bonds. The van der Waals surface area contributed by atoms with Crippen molar-refractivity contribution in [1.82, 2.24) is 14.8 Å². The number of hydrogen-bond donors (Lipinski definition) is 0. The fourth-order valence-electron chi connectivity index (χ4n) is 3.80. The third-order valence-electron chi connectivity index (χ3n) is 5.44. The predicted molar refractivity (Wildman–Crippen MR) is 118 cm³/mol. The van der Waals surface area contributed by atoms with Gasteiger partial charge < -0.3 is 0 Å². The Balaban J connectivity index is 1.62. The van der Waals surface area contributed by atoms with E-state index in [1.807, 2.05) is 10.6 Å². The SMILES string of the molecule is FC(F)(F)c1ccc(CSc2nnc(C3CCCCC3)n2-c2ccc(Cl)c(Cl)c2)cc1. The largest absolute Gasteiger partial charge is 0.416 e. The summed E-state index contributed by atoms with van der Waals surface area (Å²) in [4.78, 5) is 0. The Morgan fingerprint density at radius 2 is 1.65 bits per heavy atom. The Kier molecular flexibility index (Phi) is 6.84. The molecule has 0 unspecified atom stereocenters. The molecule has 0 atom stereocenters. The Labute approximate surface area is 193 Å². The van der Waals surface area contributed by atoms with Crippen LogP contribution in [0.1, 0.15) is 55.0 Å². The molecule has 3 aromatic rings. The van der Waals surface area contributed by atoms with Gasteiger partial charge >= 0.3 is 6.18 Å². The molecule has 0 spiro atoms. The lowest BCUT2D eigenvalue weighted by Gasteiger charge is -2.22. The average molecular weight is 486 g/mol. The topological polar surface area (TPSA) is 30.7 Å². The van der Waals surface area contributed by atoms with E-state index in [9.17, 15) is 13.2 Å². The second-order valence-electron chi connectivity index (χ2n) is 7.59. The van der Waals surface area contributed by atoms with Gasteiger partial charge in [0.1, 0.15) is 5.82 Å². The lowest BCUT2D eigenvalue weighted by molar-refractivity contribution is -0.137. The van der Waals surface area contributed by atoms with Gasteiger partial charge in [-0.15, -0.1) is 10.2 Å². The average Bonchev–Trinajstić information content (AvgIpc) is 3.18. The van der Waals surface area contributed by atoms with Crippen LogP contribution in [0.4, 0.5) is 13.2 Å². The number of alkyl halides is 3. The number of benzene rings is 2. The van der Waals surface area contributed by atoms with E-state index in [0.29, 0.717) is 26.9 Å². The van der Waals surface area contributed by atoms with E-state index in [-0.39, 0.29) is 0 Å². The van der Waals surface area contributed by atoms with E-state index < -0.39 is 11.7 Å². The van der Waals surface area contributed by atoms with Gasteiger partial charge in [0, 0.05) is 11.7 Å². The van der Waals surface area contributed by atoms with Crippen molar-refractivity contribution < 1.29 is 13.2 Å². The Morgan fingerprint density at radius 3 is 2.29 bits per heavy atom. The molecule has 0 radical (unpaired) electrons. The van der Waals surface area contributed by atoms with Crippen LogP contribution in [0.3, 0.4) is 0 Å². The molecule has 2 aromatic carbocycles. The summed E-state index contributed by atoms with van der Waals surface area (Å²) in [6.07, 6.45) is 1.33. The van der Waals surface area contributed by atoms with E-state index in [1.54, 1.807) is 12.1 Å². The zero-order chi connectivity index (χ0) is 22.0. The molecule has 31 heavy (non-hydrogen) atoms. The summed E-state index contributed by atoms with van der Waals surface area (Å²) in [6.45, 7) is 0. The summed E-state index contributed by atoms with van der Waals surface area (Å²) in [5, 5.41) is 10.5. The Morgan fingerprint density at radius 1 is 0.935 bits per heavy atom. The van der Waals surface area contributed by atoms with Gasteiger partial charge in [0.15, 0.2) is 5.16 Å². The second kappa shape index (κ2) is 9.43. The smallest absolute Gasteiger partial charge is 0.274 e. The van der Waals surface area contributed by atoms with E-state index in [0.717, 1.165) is 54.9 Å². The van der Waals surface area contributed by atoms with Crippen LogP contribution >= 0.6 is 35.0 Å². The lowest BCUT2D eigenvalue weighted by atomic mass is 9.88. The first-order valence-corrected chi connectivity index (χ1v) is 11.8. The normalized spacial score (nSPS) is 15.4. The minimum atomic E-state index is -4.34. The molecule has 1 heterocycles. The monoisotopic (exact) mass is 485 g/mol. The molecule has 0 aliphatic heterocycles. The van der Waals surface area contributed by atoms with Gasteiger partial charge in [-0.2, -0.15) is 13.2 Å². The summed E-state index contributed by atoms with van der Waals surface area (Å²) in [5.74, 6) is 1.69. The maximum atomic E-state index is 12.8. The lowest BCUT2D eigenvalue weighted by Crippen LogP contribution is -2.12. The number of thioether (sulfide) groups is 1. The molecule has 1 saturated carbocycles. The van der Waals surface area contributed by atoms with Gasteiger partial charge in [-0.1, -0.05) is 66.4 Å². The fourth-order valence-corrected chi connectivity index (χ4v) is 5.01. The van der Waals surface area contributed by atoms with E-state index in [1.165, 1.54) is 30.3 Å². The first-order valence-electron chi connectivity index (χ1n) is 10.0. The molecule has 9 heteroatoms. The predicted octanol–water partition coefficient (Wildman–Crippen LogP) is 7.93. The van der Waals surface area contributed by atoms with Gasteiger partial charge in [-0.05, 0) is 48.7 Å². The van der Waals surface area contributed by atoms with Gasteiger partial charge in [0.2, 0.25) is 0 Å². The molecule has 164 valence electrons. The van der Waals surface area contributed by atoms with Crippen molar-refractivity contribution in [2.75, 3.05) is 0 Å². The van der Waals surface area contributed by atoms with Crippen molar-refractivity contribution >= 4 is 35.0 Å². The molecule has 3 nitrogen and oxygen atoms in total. The summed E-state index contributed by atoms with van der Waals surface area (Å²) in [6, 6.07) is 10.6. The van der Waals surface area contributed by atoms with Crippen LogP contribution in [0.5, 0.6) is 0 Å². The third-order valence-corrected chi connectivity index (χ3v) is 7.18. The van der Waals surface area contributed by atoms with Crippen molar-refractivity contribution in [1.29, 1.82) is 0 Å². The minimum Gasteiger partial charge on any atom is -0.274 e. The molecule has 0 N–H and O–H groups in total. The highest BCUT2D eigenvalue weighted by atomic mass is 35.5. The number of rotatable bonds is 5. The van der Waals surface area contributed by atoms with E-state index in [2.05, 4.69) is 10.2 Å². The molecule has 1 aliphatic carbocycles. The van der Waals surface area contributed by atoms with Gasteiger partial charge in [0.25, 0.3) is 0 Å². The number of halogens is 5. The molecule has 1 aromatic heterocycles. The molecule has 4 rings (SSSR count). The van der Waals surface area contributed by atoms with Gasteiger partial charge in [-0.25, -0.2) is 0 Å². The summed E-state index contributed by atoms with van der Waals surface area (Å²) >= 11 is 13.8. The highest BCUT2D eigenvalue weighted by molar-refractivity contribution is 7.98. The third kappa shape index (κ3) is 5.21. The number of nitrogens with zero attached hydrogens (tertiary/aromatic N) is 3. The Bertz CT molecular complexity index is 1050. The van der Waals surface area contributed by atoms with Crippen molar-refractivity contribution in [3.05, 3.63) is 69.5 Å². The number of aromatic nitrogens is 3. The number of hydrogen-bond acceptors (Lipinski definition) is 3. The van der Waals surface area contributed by atoms with Crippen molar-refractivity contribution in [2.45, 2.75) is 55.1 Å². The quantitative estimate of drug-likeness (QED) is 0.343. The molecule has 1 aliphatic rings. The first-order chi connectivity index (χ1) is 14.8. The fraction of sp³-hybridized carbons (Fsp3) is 0.364. The van der Waals surface area contributed by atoms with E-state index in [4.69, 9.17) is 23.2 Å². The first kappa shape index (κ1) is 22.5. The summed E-state index contributed by atoms with van der Waals surface area (Å²) in [7, 11) is 0. The van der Waals surface area contributed by atoms with Crippen LogP contribution in [0.25, 0.3) is 5.69 Å². The molecule has 1 fully saturated rings. The zero-order valence-electron chi connectivity index (χ0n) is 16.5. The highest BCUT2D eigenvalue weighted by Crippen LogP contribution is 2.37. The van der Waals surface area contributed by atoms with Crippen LogP contribution in [0.2, 0.25) is 10.0 Å². The standard InChI is InChI=1S/C22H20Cl2F3N3S/c23-18-11-10-17(12-19(18)24)30-20(15-4-2-1-3-5-15)28-29-21(30)31-13-14-6-8-16(9-7-14)22(25,26)27/h6-12,15H,1-5,13H2. The van der Waals surface area contributed by atoms with Crippen LogP contribution in [-0.4, -0.2) is 14.8 Å².